The van der Waals surface area contributed by atoms with Crippen LogP contribution in [-0.2, 0) is 0 Å². The second-order valence-corrected chi connectivity index (χ2v) is 7.49. The highest BCUT2D eigenvalue weighted by Crippen LogP contribution is 2.29. The van der Waals surface area contributed by atoms with Gasteiger partial charge in [0.1, 0.15) is 0 Å². The molecule has 0 atom stereocenters. The predicted octanol–water partition coefficient (Wildman–Crippen LogP) is 6.03. The zero-order chi connectivity index (χ0) is 18.8. The molecule has 0 unspecified atom stereocenters. The van der Waals surface area contributed by atoms with Crippen LogP contribution in [0.1, 0.15) is 0 Å². The Morgan fingerprint density at radius 2 is 1.04 bits per heavy atom. The van der Waals surface area contributed by atoms with Gasteiger partial charge in [0.25, 0.3) is 0 Å². The van der Waals surface area contributed by atoms with E-state index in [1.165, 1.54) is 0 Å². The molecule has 1 heterocycles. The van der Waals surface area contributed by atoms with Crippen molar-refractivity contribution in [3.63, 3.8) is 0 Å². The minimum absolute atomic E-state index is 0.644. The molecule has 1 saturated heterocycles. The summed E-state index contributed by atoms with van der Waals surface area (Å²) in [6.07, 6.45) is 0. The maximum Gasteiger partial charge on any atom is 0.183 e. The van der Waals surface area contributed by atoms with Gasteiger partial charge in [-0.15, -0.1) is 0 Å². The smallest absolute Gasteiger partial charge is 0.183 e. The van der Waals surface area contributed by atoms with Gasteiger partial charge in [-0.2, -0.15) is 0 Å². The molecule has 6 heteroatoms. The Morgan fingerprint density at radius 3 is 1.56 bits per heavy atom. The zero-order valence-electron chi connectivity index (χ0n) is 14.4. The summed E-state index contributed by atoms with van der Waals surface area (Å²) in [4.78, 5) is 6.49. The highest BCUT2D eigenvalue weighted by atomic mass is 35.5. The summed E-state index contributed by atoms with van der Waals surface area (Å²) in [6.45, 7) is 1.31. The van der Waals surface area contributed by atoms with Crippen molar-refractivity contribution in [2.24, 2.45) is 0 Å². The molecule has 0 N–H and O–H groups in total. The molecule has 3 aromatic rings. The molecule has 1 aliphatic heterocycles. The number of thiocarbonyl (C=S) groups is 1. The van der Waals surface area contributed by atoms with Crippen LogP contribution < -0.4 is 14.7 Å². The lowest BCUT2D eigenvalue weighted by atomic mass is 10.2. The van der Waals surface area contributed by atoms with E-state index in [1.807, 2.05) is 66.7 Å². The first-order valence-corrected chi connectivity index (χ1v) is 9.68. The van der Waals surface area contributed by atoms with E-state index in [0.717, 1.165) is 27.2 Å². The average molecular weight is 414 g/mol. The van der Waals surface area contributed by atoms with Gasteiger partial charge in [0, 0.05) is 27.1 Å². The molecule has 0 radical (unpaired) electrons. The van der Waals surface area contributed by atoms with E-state index in [9.17, 15) is 0 Å². The fourth-order valence-corrected chi connectivity index (χ4v) is 3.66. The lowest BCUT2D eigenvalue weighted by Gasteiger charge is -2.45. The van der Waals surface area contributed by atoms with Crippen LogP contribution in [0.2, 0.25) is 10.0 Å². The van der Waals surface area contributed by atoms with Crippen molar-refractivity contribution in [3.8, 4) is 0 Å². The van der Waals surface area contributed by atoms with Gasteiger partial charge in [-0.25, -0.2) is 0 Å². The van der Waals surface area contributed by atoms with Gasteiger partial charge in [-0.1, -0.05) is 41.4 Å². The SMILES string of the molecule is S=C1N(c2ccccc2)CN(c2ccc(Cl)cc2)CN1c1ccc(Cl)cc1. The quantitative estimate of drug-likeness (QED) is 0.484. The number of anilines is 3. The number of rotatable bonds is 3. The monoisotopic (exact) mass is 413 g/mol. The van der Waals surface area contributed by atoms with Crippen LogP contribution in [-0.4, -0.2) is 18.4 Å². The number of hydrogen-bond donors (Lipinski definition) is 0. The van der Waals surface area contributed by atoms with Crippen LogP contribution in [0.5, 0.6) is 0 Å². The van der Waals surface area contributed by atoms with Gasteiger partial charge in [0.2, 0.25) is 0 Å². The fraction of sp³-hybridized carbons (Fsp3) is 0.0952. The summed E-state index contributed by atoms with van der Waals surface area (Å²) in [7, 11) is 0. The zero-order valence-corrected chi connectivity index (χ0v) is 16.8. The van der Waals surface area contributed by atoms with Crippen molar-refractivity contribution in [1.29, 1.82) is 0 Å². The normalized spacial score (nSPS) is 14.6. The Labute approximate surface area is 174 Å². The summed E-state index contributed by atoms with van der Waals surface area (Å²) in [6, 6.07) is 25.8. The molecule has 4 rings (SSSR count). The highest BCUT2D eigenvalue weighted by molar-refractivity contribution is 7.80. The minimum Gasteiger partial charge on any atom is -0.335 e. The molecular weight excluding hydrogens is 397 g/mol. The highest BCUT2D eigenvalue weighted by Gasteiger charge is 2.29. The molecule has 0 saturated carbocycles. The molecule has 3 aromatic carbocycles. The number of hydrogen-bond acceptors (Lipinski definition) is 2. The van der Waals surface area contributed by atoms with Crippen molar-refractivity contribution in [2.45, 2.75) is 0 Å². The minimum atomic E-state index is 0.644. The Morgan fingerprint density at radius 1 is 0.593 bits per heavy atom. The average Bonchev–Trinajstić information content (AvgIpc) is 2.70. The third-order valence-electron chi connectivity index (χ3n) is 4.48. The van der Waals surface area contributed by atoms with Crippen molar-refractivity contribution in [3.05, 3.63) is 88.9 Å². The standard InChI is InChI=1S/C21H17Cl2N3S/c22-16-6-10-18(11-7-16)24-14-25(19-4-2-1-3-5-19)21(27)26(15-24)20-12-8-17(23)9-13-20/h1-13H,14-15H2. The van der Waals surface area contributed by atoms with E-state index >= 15 is 0 Å². The van der Waals surface area contributed by atoms with Gasteiger partial charge < -0.3 is 14.7 Å². The van der Waals surface area contributed by atoms with Crippen LogP contribution in [0, 0.1) is 0 Å². The lowest BCUT2D eigenvalue weighted by Crippen LogP contribution is -2.58. The van der Waals surface area contributed by atoms with Crippen molar-refractivity contribution >= 4 is 57.6 Å². The van der Waals surface area contributed by atoms with Crippen molar-refractivity contribution in [1.82, 2.24) is 0 Å². The van der Waals surface area contributed by atoms with E-state index < -0.39 is 0 Å². The van der Waals surface area contributed by atoms with Crippen molar-refractivity contribution < 1.29 is 0 Å². The Balaban J connectivity index is 1.72. The maximum absolute atomic E-state index is 6.07. The molecule has 0 bridgehead atoms. The number of nitrogens with zero attached hydrogens (tertiary/aromatic N) is 3. The van der Waals surface area contributed by atoms with Gasteiger partial charge >= 0.3 is 0 Å². The van der Waals surface area contributed by atoms with Crippen LogP contribution in [0.25, 0.3) is 0 Å². The Hall–Kier alpha value is -2.27. The third kappa shape index (κ3) is 3.88. The van der Waals surface area contributed by atoms with E-state index in [1.54, 1.807) is 0 Å². The number of benzene rings is 3. The molecule has 0 spiro atoms. The van der Waals surface area contributed by atoms with E-state index in [2.05, 4.69) is 26.8 Å². The summed E-state index contributed by atoms with van der Waals surface area (Å²) in [5, 5.41) is 2.19. The van der Waals surface area contributed by atoms with Gasteiger partial charge in [0.05, 0.1) is 13.3 Å². The first kappa shape index (κ1) is 18.1. The van der Waals surface area contributed by atoms with Gasteiger partial charge in [0.15, 0.2) is 5.11 Å². The van der Waals surface area contributed by atoms with Crippen LogP contribution in [0.15, 0.2) is 78.9 Å². The summed E-state index contributed by atoms with van der Waals surface area (Å²) in [5.74, 6) is 0. The first-order valence-electron chi connectivity index (χ1n) is 8.52. The van der Waals surface area contributed by atoms with Crippen LogP contribution in [0.3, 0.4) is 0 Å². The molecule has 136 valence electrons. The fourth-order valence-electron chi connectivity index (χ4n) is 3.08. The molecule has 0 aliphatic carbocycles. The van der Waals surface area contributed by atoms with Gasteiger partial charge in [-0.05, 0) is 72.9 Å². The first-order chi connectivity index (χ1) is 13.1. The molecular formula is C21H17Cl2N3S. The maximum atomic E-state index is 6.07. The van der Waals surface area contributed by atoms with E-state index in [4.69, 9.17) is 35.4 Å². The largest absolute Gasteiger partial charge is 0.335 e. The van der Waals surface area contributed by atoms with Crippen molar-refractivity contribution in [2.75, 3.05) is 28.0 Å². The van der Waals surface area contributed by atoms with Crippen LogP contribution >= 0.6 is 35.4 Å². The number of halogens is 2. The number of para-hydroxylation sites is 1. The molecule has 1 aliphatic rings. The molecule has 3 nitrogen and oxygen atoms in total. The van der Waals surface area contributed by atoms with E-state index in [0.29, 0.717) is 18.4 Å². The summed E-state index contributed by atoms with van der Waals surface area (Å²) in [5.41, 5.74) is 3.14. The second kappa shape index (κ2) is 7.77. The summed E-state index contributed by atoms with van der Waals surface area (Å²) >= 11 is 18.0. The molecule has 1 fully saturated rings. The topological polar surface area (TPSA) is 9.72 Å². The van der Waals surface area contributed by atoms with Crippen LogP contribution in [0.4, 0.5) is 17.1 Å². The predicted molar refractivity (Wildman–Crippen MR) is 119 cm³/mol. The van der Waals surface area contributed by atoms with Gasteiger partial charge in [-0.3, -0.25) is 0 Å². The Bertz CT molecular complexity index is 930. The Kier molecular flexibility index (Phi) is 5.21. The lowest BCUT2D eigenvalue weighted by molar-refractivity contribution is 0.756. The molecule has 0 amide bonds. The molecule has 0 aromatic heterocycles. The summed E-state index contributed by atoms with van der Waals surface area (Å²) < 4.78 is 0. The van der Waals surface area contributed by atoms with E-state index in [-0.39, 0.29) is 0 Å². The molecule has 27 heavy (non-hydrogen) atoms. The third-order valence-corrected chi connectivity index (χ3v) is 5.43. The second-order valence-electron chi connectivity index (χ2n) is 6.25.